The first-order chi connectivity index (χ1) is 11.2. The number of benzene rings is 1. The Labute approximate surface area is 137 Å². The molecule has 2 aliphatic rings. The minimum atomic E-state index is 0.0764. The molecule has 0 bridgehead atoms. The number of hydrogen-bond donors (Lipinski definition) is 1. The molecule has 0 aliphatic carbocycles. The Morgan fingerprint density at radius 3 is 2.83 bits per heavy atom. The molecule has 1 atom stereocenters. The molecule has 0 unspecified atom stereocenters. The van der Waals surface area contributed by atoms with Gasteiger partial charge in [0.15, 0.2) is 0 Å². The summed E-state index contributed by atoms with van der Waals surface area (Å²) in [6.45, 7) is 3.46. The Kier molecular flexibility index (Phi) is 5.28. The lowest BCUT2D eigenvalue weighted by Crippen LogP contribution is -2.27. The molecule has 5 heteroatoms. The third-order valence-corrected chi connectivity index (χ3v) is 4.63. The molecule has 2 saturated heterocycles. The molecule has 5 nitrogen and oxygen atoms in total. The molecule has 2 aliphatic heterocycles. The van der Waals surface area contributed by atoms with Gasteiger partial charge in [-0.05, 0) is 29.9 Å². The van der Waals surface area contributed by atoms with Gasteiger partial charge in [-0.3, -0.25) is 9.59 Å². The van der Waals surface area contributed by atoms with Crippen molar-refractivity contribution in [1.82, 2.24) is 10.2 Å². The van der Waals surface area contributed by atoms with Crippen LogP contribution in [0.4, 0.5) is 0 Å². The van der Waals surface area contributed by atoms with Crippen molar-refractivity contribution in [2.45, 2.75) is 38.8 Å². The van der Waals surface area contributed by atoms with Crippen LogP contribution in [0.3, 0.4) is 0 Å². The molecule has 2 amide bonds. The molecule has 0 spiro atoms. The topological polar surface area (TPSA) is 58.6 Å². The van der Waals surface area contributed by atoms with Crippen molar-refractivity contribution < 1.29 is 14.3 Å². The molecule has 23 heavy (non-hydrogen) atoms. The van der Waals surface area contributed by atoms with Gasteiger partial charge in [0.05, 0.1) is 0 Å². The monoisotopic (exact) mass is 316 g/mol. The number of nitrogens with one attached hydrogen (secondary N) is 1. The van der Waals surface area contributed by atoms with Crippen LogP contribution in [0.25, 0.3) is 0 Å². The van der Waals surface area contributed by atoms with Crippen molar-refractivity contribution in [2.75, 3.05) is 19.8 Å². The van der Waals surface area contributed by atoms with Crippen molar-refractivity contribution in [3.8, 4) is 0 Å². The van der Waals surface area contributed by atoms with Crippen molar-refractivity contribution in [3.05, 3.63) is 35.4 Å². The molecule has 0 aromatic heterocycles. The molecule has 2 heterocycles. The molecule has 0 radical (unpaired) electrons. The van der Waals surface area contributed by atoms with Crippen LogP contribution < -0.4 is 5.32 Å². The molecule has 124 valence electrons. The molecule has 1 N–H and O–H groups in total. The first-order valence-corrected chi connectivity index (χ1v) is 8.41. The van der Waals surface area contributed by atoms with E-state index in [1.807, 2.05) is 29.2 Å². The maximum Gasteiger partial charge on any atom is 0.222 e. The van der Waals surface area contributed by atoms with Crippen molar-refractivity contribution in [1.29, 1.82) is 0 Å². The highest BCUT2D eigenvalue weighted by atomic mass is 16.5. The quantitative estimate of drug-likeness (QED) is 0.871. The van der Waals surface area contributed by atoms with Crippen LogP contribution in [-0.4, -0.2) is 36.5 Å². The average molecular weight is 316 g/mol. The smallest absolute Gasteiger partial charge is 0.222 e. The Morgan fingerprint density at radius 2 is 2.13 bits per heavy atom. The van der Waals surface area contributed by atoms with E-state index in [1.165, 1.54) is 0 Å². The van der Waals surface area contributed by atoms with Crippen LogP contribution in [0, 0.1) is 5.92 Å². The summed E-state index contributed by atoms with van der Waals surface area (Å²) in [5.41, 5.74) is 2.20. The number of carbonyl (C=O) groups excluding carboxylic acids is 2. The molecule has 0 saturated carbocycles. The van der Waals surface area contributed by atoms with E-state index in [2.05, 4.69) is 5.32 Å². The summed E-state index contributed by atoms with van der Waals surface area (Å²) in [5.74, 6) is 0.657. The normalized spacial score (nSPS) is 21.0. The highest BCUT2D eigenvalue weighted by molar-refractivity contribution is 5.78. The first kappa shape index (κ1) is 16.0. The summed E-state index contributed by atoms with van der Waals surface area (Å²) in [6.07, 6.45) is 3.11. The minimum absolute atomic E-state index is 0.0764. The van der Waals surface area contributed by atoms with Crippen LogP contribution in [0.2, 0.25) is 0 Å². The van der Waals surface area contributed by atoms with Crippen LogP contribution in [0.1, 0.15) is 36.8 Å². The van der Waals surface area contributed by atoms with Gasteiger partial charge in [0, 0.05) is 45.7 Å². The van der Waals surface area contributed by atoms with E-state index in [-0.39, 0.29) is 11.8 Å². The Balaban J connectivity index is 1.54. The Bertz CT molecular complexity index is 567. The van der Waals surface area contributed by atoms with Crippen LogP contribution >= 0.6 is 0 Å². The summed E-state index contributed by atoms with van der Waals surface area (Å²) in [7, 11) is 0. The van der Waals surface area contributed by atoms with Crippen molar-refractivity contribution in [2.24, 2.45) is 5.92 Å². The van der Waals surface area contributed by atoms with E-state index < -0.39 is 0 Å². The Hall–Kier alpha value is -1.88. The van der Waals surface area contributed by atoms with E-state index in [0.29, 0.717) is 38.5 Å². The van der Waals surface area contributed by atoms with E-state index in [1.54, 1.807) is 0 Å². The predicted molar refractivity (Wildman–Crippen MR) is 86.5 cm³/mol. The van der Waals surface area contributed by atoms with Gasteiger partial charge in [0.25, 0.3) is 0 Å². The minimum Gasteiger partial charge on any atom is -0.381 e. The van der Waals surface area contributed by atoms with Crippen LogP contribution in [0.15, 0.2) is 24.3 Å². The molecule has 3 rings (SSSR count). The summed E-state index contributed by atoms with van der Waals surface area (Å²) in [6, 6.07) is 8.02. The standard InChI is InChI=1S/C18H24N2O3/c21-17(10-14-7-9-23-13-14)19-11-15-4-1-2-5-16(15)12-20-8-3-6-18(20)22/h1-2,4-5,14H,3,6-13H2,(H,19,21)/t14-/m1/s1. The van der Waals surface area contributed by atoms with Gasteiger partial charge in [0.1, 0.15) is 0 Å². The summed E-state index contributed by atoms with van der Waals surface area (Å²) in [4.78, 5) is 25.7. The predicted octanol–water partition coefficient (Wildman–Crippen LogP) is 1.85. The lowest BCUT2D eigenvalue weighted by molar-refractivity contribution is -0.128. The zero-order valence-electron chi connectivity index (χ0n) is 13.4. The second kappa shape index (κ2) is 7.59. The van der Waals surface area contributed by atoms with E-state index in [9.17, 15) is 9.59 Å². The fourth-order valence-corrected chi connectivity index (χ4v) is 3.23. The number of hydrogen-bond acceptors (Lipinski definition) is 3. The third kappa shape index (κ3) is 4.32. The van der Waals surface area contributed by atoms with Gasteiger partial charge in [-0.15, -0.1) is 0 Å². The number of carbonyl (C=O) groups is 2. The largest absolute Gasteiger partial charge is 0.381 e. The van der Waals surface area contributed by atoms with Gasteiger partial charge >= 0.3 is 0 Å². The lowest BCUT2D eigenvalue weighted by atomic mass is 10.0. The maximum atomic E-state index is 12.0. The van der Waals surface area contributed by atoms with Gasteiger partial charge < -0.3 is 15.0 Å². The van der Waals surface area contributed by atoms with Gasteiger partial charge in [-0.1, -0.05) is 24.3 Å². The maximum absolute atomic E-state index is 12.0. The fraction of sp³-hybridized carbons (Fsp3) is 0.556. The van der Waals surface area contributed by atoms with E-state index in [4.69, 9.17) is 4.74 Å². The zero-order valence-corrected chi connectivity index (χ0v) is 13.4. The summed E-state index contributed by atoms with van der Waals surface area (Å²) in [5, 5.41) is 3.00. The van der Waals surface area contributed by atoms with Crippen molar-refractivity contribution >= 4 is 11.8 Å². The number of ether oxygens (including phenoxy) is 1. The van der Waals surface area contributed by atoms with Gasteiger partial charge in [0.2, 0.25) is 11.8 Å². The molecular formula is C18H24N2O3. The van der Waals surface area contributed by atoms with Crippen molar-refractivity contribution in [3.63, 3.8) is 0 Å². The van der Waals surface area contributed by atoms with Crippen LogP contribution in [0.5, 0.6) is 0 Å². The SMILES string of the molecule is O=C(C[C@H]1CCOC1)NCc1ccccc1CN1CCCC1=O. The lowest BCUT2D eigenvalue weighted by Gasteiger charge is -2.18. The first-order valence-electron chi connectivity index (χ1n) is 8.41. The number of nitrogens with zero attached hydrogens (tertiary/aromatic N) is 1. The molecule has 1 aromatic rings. The number of amides is 2. The molecule has 2 fully saturated rings. The summed E-state index contributed by atoms with van der Waals surface area (Å²) >= 11 is 0. The highest BCUT2D eigenvalue weighted by Crippen LogP contribution is 2.18. The van der Waals surface area contributed by atoms with E-state index >= 15 is 0 Å². The number of likely N-dealkylation sites (tertiary alicyclic amines) is 1. The third-order valence-electron chi connectivity index (χ3n) is 4.63. The van der Waals surface area contributed by atoms with Gasteiger partial charge in [-0.2, -0.15) is 0 Å². The second-order valence-corrected chi connectivity index (χ2v) is 6.40. The summed E-state index contributed by atoms with van der Waals surface area (Å²) < 4.78 is 5.31. The van der Waals surface area contributed by atoms with E-state index in [0.717, 1.165) is 37.1 Å². The van der Waals surface area contributed by atoms with Gasteiger partial charge in [-0.25, -0.2) is 0 Å². The number of rotatable bonds is 6. The molecule has 1 aromatic carbocycles. The Morgan fingerprint density at radius 1 is 1.30 bits per heavy atom. The van der Waals surface area contributed by atoms with Crippen LogP contribution in [-0.2, 0) is 27.4 Å². The molecular weight excluding hydrogens is 292 g/mol. The second-order valence-electron chi connectivity index (χ2n) is 6.40. The fourth-order valence-electron chi connectivity index (χ4n) is 3.23. The average Bonchev–Trinajstić information content (AvgIpc) is 3.19. The zero-order chi connectivity index (χ0) is 16.1. The highest BCUT2D eigenvalue weighted by Gasteiger charge is 2.21.